The number of hydrogen-bond acceptors (Lipinski definition) is 5. The molecule has 1 aliphatic heterocycles. The molecule has 2 fully saturated rings. The molecule has 106 valence electrons. The maximum Gasteiger partial charge on any atom is 0.229 e. The molecule has 2 heterocycles. The molecule has 0 bridgehead atoms. The molecule has 1 aliphatic carbocycles. The van der Waals surface area contributed by atoms with Crippen LogP contribution in [-0.4, -0.2) is 34.6 Å². The lowest BCUT2D eigenvalue weighted by molar-refractivity contribution is 0.0773. The highest BCUT2D eigenvalue weighted by molar-refractivity contribution is 4.98. The van der Waals surface area contributed by atoms with E-state index in [-0.39, 0.29) is 12.0 Å². The van der Waals surface area contributed by atoms with Gasteiger partial charge in [0.2, 0.25) is 5.89 Å². The maximum absolute atomic E-state index is 10.2. The van der Waals surface area contributed by atoms with E-state index in [2.05, 4.69) is 10.1 Å². The topological polar surface area (TPSA) is 68.4 Å². The largest absolute Gasteiger partial charge is 0.392 e. The van der Waals surface area contributed by atoms with E-state index in [9.17, 15) is 5.11 Å². The zero-order valence-corrected chi connectivity index (χ0v) is 11.3. The Morgan fingerprint density at radius 3 is 2.79 bits per heavy atom. The Kier molecular flexibility index (Phi) is 4.13. The number of rotatable bonds is 4. The highest BCUT2D eigenvalue weighted by Crippen LogP contribution is 2.29. The predicted molar refractivity (Wildman–Crippen MR) is 68.8 cm³/mol. The molecule has 5 heteroatoms. The number of aromatic nitrogens is 2. The van der Waals surface area contributed by atoms with E-state index in [4.69, 9.17) is 9.26 Å². The third kappa shape index (κ3) is 3.15. The zero-order valence-electron chi connectivity index (χ0n) is 11.3. The van der Waals surface area contributed by atoms with Crippen molar-refractivity contribution in [3.8, 4) is 0 Å². The molecule has 0 aromatic carbocycles. The predicted octanol–water partition coefficient (Wildman–Crippen LogP) is 2.06. The van der Waals surface area contributed by atoms with Gasteiger partial charge in [0, 0.05) is 12.5 Å². The van der Waals surface area contributed by atoms with Gasteiger partial charge in [-0.05, 0) is 31.6 Å². The molecule has 3 rings (SSSR count). The van der Waals surface area contributed by atoms with Gasteiger partial charge in [0.1, 0.15) is 0 Å². The van der Waals surface area contributed by atoms with Crippen molar-refractivity contribution in [1.82, 2.24) is 10.1 Å². The summed E-state index contributed by atoms with van der Waals surface area (Å²) in [5.41, 5.74) is 0. The molecule has 0 radical (unpaired) electrons. The first-order valence-corrected chi connectivity index (χ1v) is 7.41. The van der Waals surface area contributed by atoms with Crippen molar-refractivity contribution in [1.29, 1.82) is 0 Å². The molecular formula is C14H22N2O3. The fourth-order valence-corrected chi connectivity index (χ4v) is 3.15. The van der Waals surface area contributed by atoms with Gasteiger partial charge in [-0.15, -0.1) is 0 Å². The van der Waals surface area contributed by atoms with E-state index in [1.165, 1.54) is 12.8 Å². The minimum atomic E-state index is -0.335. The third-order valence-corrected chi connectivity index (χ3v) is 4.34. The smallest absolute Gasteiger partial charge is 0.229 e. The van der Waals surface area contributed by atoms with Crippen molar-refractivity contribution in [2.75, 3.05) is 13.2 Å². The monoisotopic (exact) mass is 266 g/mol. The fourth-order valence-electron chi connectivity index (χ4n) is 3.15. The van der Waals surface area contributed by atoms with Gasteiger partial charge in [-0.2, -0.15) is 4.98 Å². The summed E-state index contributed by atoms with van der Waals surface area (Å²) in [5.74, 6) is 1.98. The van der Waals surface area contributed by atoms with Crippen LogP contribution < -0.4 is 0 Å². The summed E-state index contributed by atoms with van der Waals surface area (Å²) < 4.78 is 10.7. The highest BCUT2D eigenvalue weighted by atomic mass is 16.5. The molecule has 1 saturated heterocycles. The second-order valence-electron chi connectivity index (χ2n) is 5.78. The average molecular weight is 266 g/mol. The Labute approximate surface area is 113 Å². The van der Waals surface area contributed by atoms with E-state index in [1.54, 1.807) is 0 Å². The summed E-state index contributed by atoms with van der Waals surface area (Å²) in [5, 5.41) is 14.2. The molecule has 2 atom stereocenters. The molecule has 1 aromatic heterocycles. The molecular weight excluding hydrogens is 244 g/mol. The Hall–Kier alpha value is -0.940. The van der Waals surface area contributed by atoms with E-state index in [0.29, 0.717) is 24.8 Å². The average Bonchev–Trinajstić information content (AvgIpc) is 3.11. The van der Waals surface area contributed by atoms with Crippen molar-refractivity contribution in [2.24, 2.45) is 5.92 Å². The Morgan fingerprint density at radius 1 is 1.21 bits per heavy atom. The van der Waals surface area contributed by atoms with E-state index in [0.717, 1.165) is 38.1 Å². The molecule has 0 amide bonds. The summed E-state index contributed by atoms with van der Waals surface area (Å²) in [6.07, 6.45) is 6.98. The van der Waals surface area contributed by atoms with Crippen molar-refractivity contribution < 1.29 is 14.4 Å². The minimum Gasteiger partial charge on any atom is -0.392 e. The van der Waals surface area contributed by atoms with Crippen molar-refractivity contribution in [2.45, 2.75) is 57.0 Å². The summed E-state index contributed by atoms with van der Waals surface area (Å²) in [6.45, 7) is 1.52. The zero-order chi connectivity index (χ0) is 13.1. The highest BCUT2D eigenvalue weighted by Gasteiger charge is 2.26. The van der Waals surface area contributed by atoms with Crippen LogP contribution in [0.3, 0.4) is 0 Å². The van der Waals surface area contributed by atoms with Crippen molar-refractivity contribution in [3.05, 3.63) is 11.7 Å². The van der Waals surface area contributed by atoms with Gasteiger partial charge >= 0.3 is 0 Å². The third-order valence-electron chi connectivity index (χ3n) is 4.34. The van der Waals surface area contributed by atoms with Gasteiger partial charge in [0.15, 0.2) is 5.82 Å². The van der Waals surface area contributed by atoms with Gasteiger partial charge in [0.25, 0.3) is 0 Å². The number of hydrogen-bond donors (Lipinski definition) is 1. The van der Waals surface area contributed by atoms with Crippen LogP contribution in [0.25, 0.3) is 0 Å². The first kappa shape index (κ1) is 13.1. The normalized spacial score (nSPS) is 26.7. The van der Waals surface area contributed by atoms with Gasteiger partial charge in [-0.25, -0.2) is 0 Å². The van der Waals surface area contributed by atoms with Gasteiger partial charge in [-0.3, -0.25) is 0 Å². The van der Waals surface area contributed by atoms with Crippen LogP contribution in [0, 0.1) is 5.92 Å². The van der Waals surface area contributed by atoms with Crippen LogP contribution in [0.4, 0.5) is 0 Å². The number of nitrogens with zero attached hydrogens (tertiary/aromatic N) is 2. The van der Waals surface area contributed by atoms with Crippen LogP contribution in [0.1, 0.15) is 56.2 Å². The van der Waals surface area contributed by atoms with E-state index < -0.39 is 0 Å². The molecule has 0 spiro atoms. The Morgan fingerprint density at radius 2 is 2.05 bits per heavy atom. The van der Waals surface area contributed by atoms with Crippen LogP contribution in [0.2, 0.25) is 0 Å². The Balaban J connectivity index is 1.57. The SMILES string of the molecule is OC(Cc1nc(C2CCCOC2)no1)C1CCCC1. The molecule has 5 nitrogen and oxygen atoms in total. The summed E-state index contributed by atoms with van der Waals surface area (Å²) >= 11 is 0. The molecule has 1 saturated carbocycles. The Bertz CT molecular complexity index is 395. The standard InChI is InChI=1S/C14H22N2O3/c17-12(10-4-1-2-5-10)8-13-15-14(16-19-13)11-6-3-7-18-9-11/h10-12,17H,1-9H2. The number of aliphatic hydroxyl groups is 1. The molecule has 2 aliphatic rings. The lowest BCUT2D eigenvalue weighted by Gasteiger charge is -2.18. The summed E-state index contributed by atoms with van der Waals surface area (Å²) in [4.78, 5) is 4.43. The lowest BCUT2D eigenvalue weighted by Crippen LogP contribution is -2.20. The van der Waals surface area contributed by atoms with Crippen LogP contribution >= 0.6 is 0 Å². The fraction of sp³-hybridized carbons (Fsp3) is 0.857. The lowest BCUT2D eigenvalue weighted by atomic mass is 9.98. The summed E-state index contributed by atoms with van der Waals surface area (Å²) in [6, 6.07) is 0. The maximum atomic E-state index is 10.2. The summed E-state index contributed by atoms with van der Waals surface area (Å²) in [7, 11) is 0. The second-order valence-corrected chi connectivity index (χ2v) is 5.78. The van der Waals surface area contributed by atoms with Crippen LogP contribution in [0.5, 0.6) is 0 Å². The van der Waals surface area contributed by atoms with Crippen molar-refractivity contribution >= 4 is 0 Å². The molecule has 19 heavy (non-hydrogen) atoms. The van der Waals surface area contributed by atoms with Crippen LogP contribution in [0.15, 0.2) is 4.52 Å². The quantitative estimate of drug-likeness (QED) is 0.903. The molecule has 2 unspecified atom stereocenters. The van der Waals surface area contributed by atoms with E-state index in [1.807, 2.05) is 0 Å². The van der Waals surface area contributed by atoms with Crippen LogP contribution in [-0.2, 0) is 11.2 Å². The minimum absolute atomic E-state index is 0.259. The number of aliphatic hydroxyl groups excluding tert-OH is 1. The number of ether oxygens (including phenoxy) is 1. The molecule has 1 N–H and O–H groups in total. The first-order valence-electron chi connectivity index (χ1n) is 7.41. The molecule has 1 aromatic rings. The van der Waals surface area contributed by atoms with E-state index >= 15 is 0 Å². The van der Waals surface area contributed by atoms with Gasteiger partial charge < -0.3 is 14.4 Å². The second kappa shape index (κ2) is 6.01. The van der Waals surface area contributed by atoms with Gasteiger partial charge in [0.05, 0.1) is 19.1 Å². The first-order chi connectivity index (χ1) is 9.33. The van der Waals surface area contributed by atoms with Crippen molar-refractivity contribution in [3.63, 3.8) is 0 Å². The van der Waals surface area contributed by atoms with Gasteiger partial charge in [-0.1, -0.05) is 18.0 Å².